The number of benzene rings is 2. The van der Waals surface area contributed by atoms with Gasteiger partial charge in [-0.2, -0.15) is 8.42 Å². The molecule has 0 aromatic heterocycles. The van der Waals surface area contributed by atoms with E-state index in [1.165, 1.54) is 12.1 Å². The number of amides is 1. The monoisotopic (exact) mass is 649 g/mol. The number of hydrogen-bond acceptors (Lipinski definition) is 8. The van der Waals surface area contributed by atoms with Gasteiger partial charge in [-0.3, -0.25) is 4.18 Å². The average molecular weight is 650 g/mol. The van der Waals surface area contributed by atoms with Gasteiger partial charge in [-0.25, -0.2) is 9.59 Å². The van der Waals surface area contributed by atoms with Gasteiger partial charge in [0.05, 0.1) is 18.1 Å². The third-order valence-electron chi connectivity index (χ3n) is 4.72. The highest BCUT2D eigenvalue weighted by molar-refractivity contribution is 14.1. The highest BCUT2D eigenvalue weighted by atomic mass is 127. The van der Waals surface area contributed by atoms with Crippen LogP contribution in [0.5, 0.6) is 5.75 Å². The second-order valence-electron chi connectivity index (χ2n) is 9.14. The molecule has 10 nitrogen and oxygen atoms in total. The maximum Gasteiger partial charge on any atom is 0.408 e. The van der Waals surface area contributed by atoms with Gasteiger partial charge >= 0.3 is 12.1 Å². The van der Waals surface area contributed by atoms with Crippen LogP contribution in [0, 0.1) is 10.5 Å². The molecule has 0 saturated carbocycles. The van der Waals surface area contributed by atoms with Crippen LogP contribution < -0.4 is 10.1 Å². The second kappa shape index (κ2) is 13.4. The molecule has 2 aromatic carbocycles. The highest BCUT2D eigenvalue weighted by Crippen LogP contribution is 2.22. The molecule has 0 spiro atoms. The summed E-state index contributed by atoms with van der Waals surface area (Å²) in [6, 6.07) is 10.2. The van der Waals surface area contributed by atoms with Crippen LogP contribution in [0.1, 0.15) is 38.8 Å². The maximum atomic E-state index is 12.2. The Labute approximate surface area is 230 Å². The van der Waals surface area contributed by atoms with Crippen LogP contribution in [0.2, 0.25) is 0 Å². The van der Waals surface area contributed by atoms with E-state index < -0.39 is 40.1 Å². The fourth-order valence-electron chi connectivity index (χ4n) is 3.01. The molecule has 2 rings (SSSR count). The van der Waals surface area contributed by atoms with Gasteiger partial charge in [-0.1, -0.05) is 17.7 Å². The Bertz CT molecular complexity index is 1180. The lowest BCUT2D eigenvalue weighted by Crippen LogP contribution is -2.44. The minimum absolute atomic E-state index is 0.00397. The van der Waals surface area contributed by atoms with Crippen molar-refractivity contribution in [3.8, 4) is 5.75 Å². The van der Waals surface area contributed by atoms with Crippen molar-refractivity contribution in [2.75, 3.05) is 13.2 Å². The standard InChI is InChI=1S/C25H32INO9S/c1-16-6-9-20(10-7-16)37(31,32)34-13-12-33-17(2)35-19-8-11-21(26)18(14-19)15-22(23(28)29)27-24(30)36-25(3,4)5/h6-11,14,17,22H,12-13,15H2,1-5H3,(H,27,30)(H,28,29)/t17-,22-/m0/s1. The van der Waals surface area contributed by atoms with Crippen LogP contribution in [-0.4, -0.2) is 56.7 Å². The summed E-state index contributed by atoms with van der Waals surface area (Å²) in [5.74, 6) is -0.789. The fraction of sp³-hybridized carbons (Fsp3) is 0.440. The summed E-state index contributed by atoms with van der Waals surface area (Å²) < 4.78 is 46.7. The van der Waals surface area contributed by atoms with Crippen LogP contribution >= 0.6 is 22.6 Å². The van der Waals surface area contributed by atoms with E-state index in [2.05, 4.69) is 27.9 Å². The Morgan fingerprint density at radius 3 is 2.32 bits per heavy atom. The Morgan fingerprint density at radius 1 is 1.08 bits per heavy atom. The van der Waals surface area contributed by atoms with Gasteiger partial charge in [0.1, 0.15) is 17.4 Å². The molecule has 0 fully saturated rings. The van der Waals surface area contributed by atoms with E-state index in [1.54, 1.807) is 58.0 Å². The fourth-order valence-corrected chi connectivity index (χ4v) is 4.46. The molecule has 0 heterocycles. The van der Waals surface area contributed by atoms with Crippen LogP contribution in [0.25, 0.3) is 0 Å². The first-order valence-corrected chi connectivity index (χ1v) is 13.9. The lowest BCUT2D eigenvalue weighted by Gasteiger charge is -2.22. The molecule has 0 aliphatic rings. The van der Waals surface area contributed by atoms with Gasteiger partial charge in [0.15, 0.2) is 6.29 Å². The number of carboxylic acid groups (broad SMARTS) is 1. The summed E-state index contributed by atoms with van der Waals surface area (Å²) in [7, 11) is -3.89. The number of halogens is 1. The number of carbonyl (C=O) groups excluding carboxylic acids is 1. The smallest absolute Gasteiger partial charge is 0.408 e. The summed E-state index contributed by atoms with van der Waals surface area (Å²) in [5.41, 5.74) is 0.813. The van der Waals surface area contributed by atoms with Gasteiger partial charge in [-0.15, -0.1) is 0 Å². The third kappa shape index (κ3) is 10.8. The van der Waals surface area contributed by atoms with Crippen molar-refractivity contribution in [3.63, 3.8) is 0 Å². The summed E-state index contributed by atoms with van der Waals surface area (Å²) in [6.07, 6.45) is -1.56. The Hall–Kier alpha value is -2.42. The Balaban J connectivity index is 1.91. The zero-order valence-corrected chi connectivity index (χ0v) is 24.3. The number of aliphatic carboxylic acids is 1. The average Bonchev–Trinajstić information content (AvgIpc) is 2.77. The summed E-state index contributed by atoms with van der Waals surface area (Å²) in [5, 5.41) is 11.9. The molecule has 204 valence electrons. The third-order valence-corrected chi connectivity index (χ3v) is 7.10. The predicted molar refractivity (Wildman–Crippen MR) is 144 cm³/mol. The van der Waals surface area contributed by atoms with Crippen molar-refractivity contribution in [1.29, 1.82) is 0 Å². The summed E-state index contributed by atoms with van der Waals surface area (Å²) in [4.78, 5) is 23.8. The number of rotatable bonds is 12. The zero-order valence-electron chi connectivity index (χ0n) is 21.3. The summed E-state index contributed by atoms with van der Waals surface area (Å²) >= 11 is 2.07. The van der Waals surface area contributed by atoms with Crippen LogP contribution in [-0.2, 0) is 35.0 Å². The number of alkyl carbamates (subject to hydrolysis) is 1. The Morgan fingerprint density at radius 2 is 1.73 bits per heavy atom. The molecule has 12 heteroatoms. The first-order chi connectivity index (χ1) is 17.2. The summed E-state index contributed by atoms with van der Waals surface area (Å²) in [6.45, 7) is 8.31. The zero-order chi connectivity index (χ0) is 27.8. The van der Waals surface area contributed by atoms with Crippen molar-refractivity contribution < 1.29 is 41.5 Å². The van der Waals surface area contributed by atoms with Crippen molar-refractivity contribution in [1.82, 2.24) is 5.32 Å². The van der Waals surface area contributed by atoms with Crippen molar-refractivity contribution >= 4 is 44.8 Å². The number of nitrogens with one attached hydrogen (secondary N) is 1. The second-order valence-corrected chi connectivity index (χ2v) is 11.9. The molecule has 1 amide bonds. The van der Waals surface area contributed by atoms with Gasteiger partial charge in [0, 0.05) is 9.99 Å². The maximum absolute atomic E-state index is 12.2. The molecular formula is C25H32INO9S. The minimum Gasteiger partial charge on any atom is -0.480 e. The van der Waals surface area contributed by atoms with Gasteiger partial charge in [0.25, 0.3) is 10.1 Å². The van der Waals surface area contributed by atoms with Crippen molar-refractivity contribution in [3.05, 3.63) is 57.2 Å². The quantitative estimate of drug-likeness (QED) is 0.150. The van der Waals surface area contributed by atoms with E-state index in [-0.39, 0.29) is 24.5 Å². The molecule has 0 saturated heterocycles. The predicted octanol–water partition coefficient (Wildman–Crippen LogP) is 4.27. The highest BCUT2D eigenvalue weighted by Gasteiger charge is 2.25. The molecule has 0 aliphatic carbocycles. The van der Waals surface area contributed by atoms with E-state index in [0.29, 0.717) is 11.3 Å². The number of carboxylic acids is 1. The minimum atomic E-state index is -3.89. The normalized spacial score (nSPS) is 13.5. The van der Waals surface area contributed by atoms with Gasteiger partial charge in [0.2, 0.25) is 0 Å². The first kappa shape index (κ1) is 30.8. The van der Waals surface area contributed by atoms with E-state index in [1.807, 2.05) is 6.92 Å². The molecule has 2 N–H and O–H groups in total. The molecular weight excluding hydrogens is 617 g/mol. The SMILES string of the molecule is Cc1ccc(S(=O)(=O)OCCO[C@H](C)Oc2ccc(I)c(C[C@H](NC(=O)OC(C)(C)C)C(=O)O)c2)cc1. The van der Waals surface area contributed by atoms with Crippen molar-refractivity contribution in [2.24, 2.45) is 0 Å². The lowest BCUT2D eigenvalue weighted by atomic mass is 10.1. The Kier molecular flexibility index (Phi) is 11.2. The number of ether oxygens (including phenoxy) is 3. The van der Waals surface area contributed by atoms with Gasteiger partial charge < -0.3 is 24.6 Å². The van der Waals surface area contributed by atoms with Crippen LogP contribution in [0.15, 0.2) is 47.4 Å². The number of carbonyl (C=O) groups is 2. The lowest BCUT2D eigenvalue weighted by molar-refractivity contribution is -0.139. The molecule has 0 unspecified atom stereocenters. The van der Waals surface area contributed by atoms with E-state index in [0.717, 1.165) is 9.13 Å². The van der Waals surface area contributed by atoms with Crippen LogP contribution in [0.4, 0.5) is 4.79 Å². The van der Waals surface area contributed by atoms with E-state index in [9.17, 15) is 23.1 Å². The molecule has 0 radical (unpaired) electrons. The molecule has 0 aliphatic heterocycles. The van der Waals surface area contributed by atoms with Crippen LogP contribution in [0.3, 0.4) is 0 Å². The number of hydrogen-bond donors (Lipinski definition) is 2. The molecule has 2 aromatic rings. The largest absolute Gasteiger partial charge is 0.480 e. The van der Waals surface area contributed by atoms with E-state index in [4.69, 9.17) is 18.4 Å². The first-order valence-electron chi connectivity index (χ1n) is 11.4. The molecule has 2 atom stereocenters. The van der Waals surface area contributed by atoms with E-state index >= 15 is 0 Å². The van der Waals surface area contributed by atoms with Gasteiger partial charge in [-0.05, 0) is 93.1 Å². The topological polar surface area (TPSA) is 137 Å². The number of aryl methyl sites for hydroxylation is 1. The molecule has 0 bridgehead atoms. The van der Waals surface area contributed by atoms with Crippen molar-refractivity contribution in [2.45, 2.75) is 63.9 Å². The molecule has 37 heavy (non-hydrogen) atoms.